The van der Waals surface area contributed by atoms with Gasteiger partial charge in [-0.25, -0.2) is 0 Å². The summed E-state index contributed by atoms with van der Waals surface area (Å²) in [7, 11) is 2.09. The first-order valence-corrected chi connectivity index (χ1v) is 7.67. The van der Waals surface area contributed by atoms with E-state index in [2.05, 4.69) is 38.5 Å². The van der Waals surface area contributed by atoms with Gasteiger partial charge in [-0.05, 0) is 35.1 Å². The zero-order valence-corrected chi connectivity index (χ0v) is 12.8. The average Bonchev–Trinajstić information content (AvgIpc) is 2.73. The molecule has 0 aromatic carbocycles. The molecule has 1 fully saturated rings. The predicted octanol–water partition coefficient (Wildman–Crippen LogP) is 1.42. The van der Waals surface area contributed by atoms with Gasteiger partial charge in [-0.2, -0.15) is 0 Å². The molecular weight excluding hydrogens is 314 g/mol. The maximum absolute atomic E-state index is 11.8. The van der Waals surface area contributed by atoms with Gasteiger partial charge in [0.15, 0.2) is 0 Å². The first-order chi connectivity index (χ1) is 8.63. The van der Waals surface area contributed by atoms with Crippen LogP contribution < -0.4 is 10.6 Å². The van der Waals surface area contributed by atoms with Gasteiger partial charge in [-0.3, -0.25) is 4.79 Å². The molecule has 1 aromatic heterocycles. The number of hydrogen-bond acceptors (Lipinski definition) is 4. The first kappa shape index (κ1) is 14.0. The van der Waals surface area contributed by atoms with E-state index in [0.29, 0.717) is 13.0 Å². The lowest BCUT2D eigenvalue weighted by Crippen LogP contribution is -2.50. The van der Waals surface area contributed by atoms with E-state index in [-0.39, 0.29) is 11.9 Å². The fourth-order valence-electron chi connectivity index (χ4n) is 2.06. The lowest BCUT2D eigenvalue weighted by molar-refractivity contribution is -0.121. The van der Waals surface area contributed by atoms with Crippen molar-refractivity contribution in [3.63, 3.8) is 0 Å². The maximum Gasteiger partial charge on any atom is 0.221 e. The summed E-state index contributed by atoms with van der Waals surface area (Å²) >= 11 is 5.07. The van der Waals surface area contributed by atoms with E-state index < -0.39 is 0 Å². The van der Waals surface area contributed by atoms with Crippen molar-refractivity contribution in [2.24, 2.45) is 0 Å². The number of likely N-dealkylation sites (N-methyl/N-ethyl adjacent to an activating group) is 1. The number of carbonyl (C=O) groups is 1. The molecule has 6 heteroatoms. The summed E-state index contributed by atoms with van der Waals surface area (Å²) in [6.07, 6.45) is 0.552. The lowest BCUT2D eigenvalue weighted by atomic mass is 10.1. The van der Waals surface area contributed by atoms with E-state index in [1.807, 2.05) is 12.1 Å². The Morgan fingerprint density at radius 1 is 1.67 bits per heavy atom. The second kappa shape index (κ2) is 6.65. The molecule has 1 aromatic rings. The van der Waals surface area contributed by atoms with Gasteiger partial charge in [0.1, 0.15) is 0 Å². The van der Waals surface area contributed by atoms with Crippen molar-refractivity contribution in [3.05, 3.63) is 20.8 Å². The van der Waals surface area contributed by atoms with Gasteiger partial charge in [-0.15, -0.1) is 11.3 Å². The molecule has 1 saturated heterocycles. The van der Waals surface area contributed by atoms with E-state index in [1.165, 1.54) is 4.88 Å². The summed E-state index contributed by atoms with van der Waals surface area (Å²) in [4.78, 5) is 15.2. The number of thiophene rings is 1. The van der Waals surface area contributed by atoms with Crippen LogP contribution in [0.25, 0.3) is 0 Å². The van der Waals surface area contributed by atoms with Crippen molar-refractivity contribution >= 4 is 33.2 Å². The van der Waals surface area contributed by atoms with Crippen LogP contribution in [-0.4, -0.2) is 43.5 Å². The van der Waals surface area contributed by atoms with E-state index in [1.54, 1.807) is 11.3 Å². The molecule has 1 amide bonds. The van der Waals surface area contributed by atoms with Crippen LogP contribution in [0.1, 0.15) is 11.3 Å². The van der Waals surface area contributed by atoms with Crippen LogP contribution in [0.5, 0.6) is 0 Å². The standard InChI is InChI=1S/C12H18BrN3OS/c1-16-5-4-14-9(8-16)6-12(17)15-7-10-2-3-11(13)18-10/h2-3,9,14H,4-8H2,1H3,(H,15,17). The lowest BCUT2D eigenvalue weighted by Gasteiger charge is -2.30. The number of nitrogens with one attached hydrogen (secondary N) is 2. The number of rotatable bonds is 4. The molecule has 2 heterocycles. The van der Waals surface area contributed by atoms with Crippen molar-refractivity contribution in [1.29, 1.82) is 0 Å². The Morgan fingerprint density at radius 2 is 2.50 bits per heavy atom. The highest BCUT2D eigenvalue weighted by Gasteiger charge is 2.19. The fourth-order valence-corrected chi connectivity index (χ4v) is 3.48. The van der Waals surface area contributed by atoms with Crippen molar-refractivity contribution in [1.82, 2.24) is 15.5 Å². The highest BCUT2D eigenvalue weighted by Crippen LogP contribution is 2.21. The Kier molecular flexibility index (Phi) is 5.17. The summed E-state index contributed by atoms with van der Waals surface area (Å²) in [5.41, 5.74) is 0. The molecule has 1 aliphatic rings. The number of hydrogen-bond donors (Lipinski definition) is 2. The third-order valence-corrected chi connectivity index (χ3v) is 4.60. The number of amides is 1. The molecular formula is C12H18BrN3OS. The molecule has 1 aliphatic heterocycles. The van der Waals surface area contributed by atoms with Crippen molar-refractivity contribution in [2.45, 2.75) is 19.0 Å². The molecule has 1 unspecified atom stereocenters. The van der Waals surface area contributed by atoms with E-state index in [4.69, 9.17) is 0 Å². The predicted molar refractivity (Wildman–Crippen MR) is 77.8 cm³/mol. The smallest absolute Gasteiger partial charge is 0.221 e. The molecule has 0 radical (unpaired) electrons. The Bertz CT molecular complexity index is 410. The maximum atomic E-state index is 11.8. The van der Waals surface area contributed by atoms with Crippen LogP contribution in [-0.2, 0) is 11.3 Å². The number of nitrogens with zero attached hydrogens (tertiary/aromatic N) is 1. The van der Waals surface area contributed by atoms with Crippen molar-refractivity contribution in [3.8, 4) is 0 Å². The van der Waals surface area contributed by atoms with E-state index in [0.717, 1.165) is 23.4 Å². The largest absolute Gasteiger partial charge is 0.351 e. The first-order valence-electron chi connectivity index (χ1n) is 6.06. The highest BCUT2D eigenvalue weighted by molar-refractivity contribution is 9.11. The third-order valence-electron chi connectivity index (χ3n) is 2.98. The number of carbonyl (C=O) groups excluding carboxylic acids is 1. The van der Waals surface area contributed by atoms with Crippen LogP contribution in [0.4, 0.5) is 0 Å². The van der Waals surface area contributed by atoms with Gasteiger partial charge in [-0.1, -0.05) is 0 Å². The summed E-state index contributed by atoms with van der Waals surface area (Å²) < 4.78 is 1.10. The van der Waals surface area contributed by atoms with Crippen LogP contribution in [0.2, 0.25) is 0 Å². The summed E-state index contributed by atoms with van der Waals surface area (Å²) in [6.45, 7) is 3.59. The van der Waals surface area contributed by atoms with E-state index >= 15 is 0 Å². The minimum Gasteiger partial charge on any atom is -0.351 e. The summed E-state index contributed by atoms with van der Waals surface area (Å²) in [5.74, 6) is 0.118. The minimum absolute atomic E-state index is 0.118. The Labute approximate surface area is 120 Å². The van der Waals surface area contributed by atoms with Gasteiger partial charge in [0.25, 0.3) is 0 Å². The minimum atomic E-state index is 0.118. The van der Waals surface area contributed by atoms with Gasteiger partial charge in [0.05, 0.1) is 10.3 Å². The Balaban J connectivity index is 1.71. The average molecular weight is 332 g/mol. The molecule has 4 nitrogen and oxygen atoms in total. The number of piperazine rings is 1. The van der Waals surface area contributed by atoms with Gasteiger partial charge in [0.2, 0.25) is 5.91 Å². The van der Waals surface area contributed by atoms with Crippen LogP contribution in [0.15, 0.2) is 15.9 Å². The molecule has 0 aliphatic carbocycles. The quantitative estimate of drug-likeness (QED) is 0.877. The Hall–Kier alpha value is -0.430. The molecule has 100 valence electrons. The topological polar surface area (TPSA) is 44.4 Å². The zero-order chi connectivity index (χ0) is 13.0. The van der Waals surface area contributed by atoms with Gasteiger partial charge >= 0.3 is 0 Å². The molecule has 2 rings (SSSR count). The SMILES string of the molecule is CN1CCNC(CC(=O)NCc2ccc(Br)s2)C1. The third kappa shape index (κ3) is 4.35. The van der Waals surface area contributed by atoms with Gasteiger partial charge in [0, 0.05) is 37.0 Å². The fraction of sp³-hybridized carbons (Fsp3) is 0.583. The Morgan fingerprint density at radius 3 is 3.17 bits per heavy atom. The van der Waals surface area contributed by atoms with Crippen molar-refractivity contribution in [2.75, 3.05) is 26.7 Å². The highest BCUT2D eigenvalue weighted by atomic mass is 79.9. The molecule has 0 spiro atoms. The molecule has 2 N–H and O–H groups in total. The van der Waals surface area contributed by atoms with E-state index in [9.17, 15) is 4.79 Å². The second-order valence-electron chi connectivity index (χ2n) is 4.60. The second-order valence-corrected chi connectivity index (χ2v) is 7.15. The molecule has 18 heavy (non-hydrogen) atoms. The van der Waals surface area contributed by atoms with Crippen LogP contribution in [0.3, 0.4) is 0 Å². The molecule has 1 atom stereocenters. The normalized spacial score (nSPS) is 20.9. The van der Waals surface area contributed by atoms with Gasteiger partial charge < -0.3 is 15.5 Å². The molecule has 0 saturated carbocycles. The summed E-state index contributed by atoms with van der Waals surface area (Å²) in [5, 5.41) is 6.34. The van der Waals surface area contributed by atoms with Crippen LogP contribution >= 0.6 is 27.3 Å². The monoisotopic (exact) mass is 331 g/mol. The summed E-state index contributed by atoms with van der Waals surface area (Å²) in [6, 6.07) is 4.31. The van der Waals surface area contributed by atoms with Crippen LogP contribution in [0, 0.1) is 0 Å². The molecule has 0 bridgehead atoms. The zero-order valence-electron chi connectivity index (χ0n) is 10.4. The number of halogens is 1. The van der Waals surface area contributed by atoms with Crippen molar-refractivity contribution < 1.29 is 4.79 Å².